The number of carbonyl (C=O) groups is 1. The highest BCUT2D eigenvalue weighted by molar-refractivity contribution is 7.89. The Morgan fingerprint density at radius 3 is 2.54 bits per heavy atom. The van der Waals surface area contributed by atoms with Gasteiger partial charge in [0.2, 0.25) is 10.0 Å². The number of benzene rings is 2. The van der Waals surface area contributed by atoms with E-state index in [2.05, 4.69) is 10.0 Å². The Bertz CT molecular complexity index is 807. The number of sulfonamides is 1. The van der Waals surface area contributed by atoms with Crippen molar-refractivity contribution in [2.45, 2.75) is 4.90 Å². The van der Waals surface area contributed by atoms with Crippen molar-refractivity contribution < 1.29 is 17.9 Å². The maximum absolute atomic E-state index is 12.1. The minimum atomic E-state index is -3.58. The van der Waals surface area contributed by atoms with Crippen LogP contribution in [0.5, 0.6) is 5.75 Å². The third-order valence-corrected chi connectivity index (χ3v) is 4.81. The number of hydrogen-bond donors (Lipinski definition) is 2. The monoisotopic (exact) mass is 368 g/mol. The Morgan fingerprint density at radius 1 is 1.17 bits per heavy atom. The summed E-state index contributed by atoms with van der Waals surface area (Å²) in [5, 5.41) is 3.29. The number of carbonyl (C=O) groups excluding carboxylic acids is 1. The molecule has 0 aliphatic heterocycles. The summed E-state index contributed by atoms with van der Waals surface area (Å²) in [6.45, 7) is 0.562. The van der Waals surface area contributed by atoms with Gasteiger partial charge in [0.25, 0.3) is 5.91 Å². The minimum absolute atomic E-state index is 0.0371. The average molecular weight is 369 g/mol. The predicted molar refractivity (Wildman–Crippen MR) is 92.0 cm³/mol. The smallest absolute Gasteiger partial charge is 0.251 e. The fraction of sp³-hybridized carbons (Fsp3) is 0.188. The molecule has 24 heavy (non-hydrogen) atoms. The molecular formula is C16H17ClN2O4S. The molecule has 0 fully saturated rings. The van der Waals surface area contributed by atoms with E-state index in [1.807, 2.05) is 0 Å². The molecule has 0 unspecified atom stereocenters. The lowest BCUT2D eigenvalue weighted by molar-refractivity contribution is 0.0947. The third-order valence-electron chi connectivity index (χ3n) is 3.15. The van der Waals surface area contributed by atoms with Gasteiger partial charge in [0, 0.05) is 10.6 Å². The summed E-state index contributed by atoms with van der Waals surface area (Å²) in [5.41, 5.74) is 0.262. The molecule has 0 atom stereocenters. The summed E-state index contributed by atoms with van der Waals surface area (Å²) in [5.74, 6) is 0.276. The van der Waals surface area contributed by atoms with E-state index in [4.69, 9.17) is 16.3 Å². The van der Waals surface area contributed by atoms with Crippen molar-refractivity contribution in [3.05, 3.63) is 59.1 Å². The van der Waals surface area contributed by atoms with E-state index in [0.717, 1.165) is 0 Å². The fourth-order valence-corrected chi connectivity index (χ4v) is 2.79. The molecule has 0 saturated heterocycles. The van der Waals surface area contributed by atoms with Crippen molar-refractivity contribution >= 4 is 27.5 Å². The molecule has 8 heteroatoms. The van der Waals surface area contributed by atoms with Crippen LogP contribution < -0.4 is 14.8 Å². The fourth-order valence-electron chi connectivity index (χ4n) is 1.89. The van der Waals surface area contributed by atoms with Gasteiger partial charge in [0.05, 0.1) is 11.4 Å². The summed E-state index contributed by atoms with van der Waals surface area (Å²) >= 11 is 5.78. The second-order valence-corrected chi connectivity index (χ2v) is 7.12. The summed E-state index contributed by atoms with van der Waals surface area (Å²) < 4.78 is 31.2. The van der Waals surface area contributed by atoms with Crippen molar-refractivity contribution in [3.8, 4) is 5.75 Å². The number of nitrogens with one attached hydrogen (secondary N) is 2. The van der Waals surface area contributed by atoms with Gasteiger partial charge in [-0.05, 0) is 49.5 Å². The first-order valence-corrected chi connectivity index (χ1v) is 8.98. The number of ether oxygens (including phenoxy) is 1. The van der Waals surface area contributed by atoms with E-state index >= 15 is 0 Å². The molecule has 0 bridgehead atoms. The van der Waals surface area contributed by atoms with E-state index < -0.39 is 10.0 Å². The van der Waals surface area contributed by atoms with Crippen LogP contribution in [0.1, 0.15) is 10.4 Å². The van der Waals surface area contributed by atoms with Crippen LogP contribution in [0.4, 0.5) is 0 Å². The lowest BCUT2D eigenvalue weighted by Gasteiger charge is -2.09. The first kappa shape index (κ1) is 18.3. The summed E-state index contributed by atoms with van der Waals surface area (Å²) in [6, 6.07) is 12.7. The highest BCUT2D eigenvalue weighted by Crippen LogP contribution is 2.15. The van der Waals surface area contributed by atoms with E-state index in [9.17, 15) is 13.2 Å². The van der Waals surface area contributed by atoms with E-state index in [1.165, 1.54) is 25.2 Å². The van der Waals surface area contributed by atoms with Crippen molar-refractivity contribution in [1.29, 1.82) is 0 Å². The van der Waals surface area contributed by atoms with Gasteiger partial charge < -0.3 is 10.1 Å². The molecule has 2 aromatic rings. The number of halogens is 1. The zero-order valence-corrected chi connectivity index (χ0v) is 14.5. The number of rotatable bonds is 7. The molecule has 0 aromatic heterocycles. The molecule has 1 amide bonds. The maximum atomic E-state index is 12.1. The third kappa shape index (κ3) is 4.95. The van der Waals surface area contributed by atoms with Crippen molar-refractivity contribution in [2.24, 2.45) is 0 Å². The summed E-state index contributed by atoms with van der Waals surface area (Å²) in [7, 11) is -2.27. The van der Waals surface area contributed by atoms with Gasteiger partial charge in [-0.3, -0.25) is 4.79 Å². The van der Waals surface area contributed by atoms with E-state index in [0.29, 0.717) is 10.8 Å². The minimum Gasteiger partial charge on any atom is -0.492 e. The quantitative estimate of drug-likeness (QED) is 0.732. The second kappa shape index (κ2) is 8.14. The first-order valence-electron chi connectivity index (χ1n) is 7.12. The molecule has 0 radical (unpaired) electrons. The maximum Gasteiger partial charge on any atom is 0.251 e. The van der Waals surface area contributed by atoms with Crippen LogP contribution in [0.15, 0.2) is 53.4 Å². The molecule has 2 rings (SSSR count). The highest BCUT2D eigenvalue weighted by Gasteiger charge is 2.14. The number of amides is 1. The average Bonchev–Trinajstić information content (AvgIpc) is 2.60. The van der Waals surface area contributed by atoms with Crippen LogP contribution in [0.25, 0.3) is 0 Å². The van der Waals surface area contributed by atoms with Crippen LogP contribution in [0.2, 0.25) is 5.02 Å². The Labute approximate surface area is 145 Å². The topological polar surface area (TPSA) is 84.5 Å². The Hall–Kier alpha value is -2.09. The van der Waals surface area contributed by atoms with Crippen molar-refractivity contribution in [3.63, 3.8) is 0 Å². The normalized spacial score (nSPS) is 11.1. The van der Waals surface area contributed by atoms with Crippen LogP contribution >= 0.6 is 11.6 Å². The SMILES string of the molecule is CNS(=O)(=O)c1cccc(C(=O)NCCOc2ccc(Cl)cc2)c1. The Morgan fingerprint density at radius 2 is 1.88 bits per heavy atom. The lowest BCUT2D eigenvalue weighted by atomic mass is 10.2. The Kier molecular flexibility index (Phi) is 6.19. The summed E-state index contributed by atoms with van der Waals surface area (Å²) in [6.07, 6.45) is 0. The van der Waals surface area contributed by atoms with Gasteiger partial charge in [-0.1, -0.05) is 17.7 Å². The second-order valence-electron chi connectivity index (χ2n) is 4.79. The zero-order chi connectivity index (χ0) is 17.6. The van der Waals surface area contributed by atoms with Crippen LogP contribution in [0.3, 0.4) is 0 Å². The molecule has 0 heterocycles. The van der Waals surface area contributed by atoms with Crippen LogP contribution in [-0.2, 0) is 10.0 Å². The van der Waals surface area contributed by atoms with Crippen molar-refractivity contribution in [1.82, 2.24) is 10.0 Å². The molecule has 2 aromatic carbocycles. The van der Waals surface area contributed by atoms with E-state index in [1.54, 1.807) is 30.3 Å². The van der Waals surface area contributed by atoms with Crippen molar-refractivity contribution in [2.75, 3.05) is 20.2 Å². The lowest BCUT2D eigenvalue weighted by Crippen LogP contribution is -2.28. The molecule has 0 spiro atoms. The Balaban J connectivity index is 1.89. The zero-order valence-electron chi connectivity index (χ0n) is 13.0. The largest absolute Gasteiger partial charge is 0.492 e. The van der Waals surface area contributed by atoms with Gasteiger partial charge >= 0.3 is 0 Å². The van der Waals surface area contributed by atoms with Crippen LogP contribution in [0, 0.1) is 0 Å². The molecule has 0 saturated carbocycles. The van der Waals surface area contributed by atoms with Gasteiger partial charge in [-0.15, -0.1) is 0 Å². The molecule has 6 nitrogen and oxygen atoms in total. The highest BCUT2D eigenvalue weighted by atomic mass is 35.5. The van der Waals surface area contributed by atoms with Crippen LogP contribution in [-0.4, -0.2) is 34.5 Å². The molecule has 2 N–H and O–H groups in total. The number of hydrogen-bond acceptors (Lipinski definition) is 4. The summed E-state index contributed by atoms with van der Waals surface area (Å²) in [4.78, 5) is 12.1. The molecule has 0 aliphatic rings. The van der Waals surface area contributed by atoms with Gasteiger partial charge in [-0.2, -0.15) is 0 Å². The molecule has 128 valence electrons. The first-order chi connectivity index (χ1) is 11.4. The van der Waals surface area contributed by atoms with E-state index in [-0.39, 0.29) is 29.5 Å². The standard InChI is InChI=1S/C16H17ClN2O4S/c1-18-24(21,22)15-4-2-3-12(11-15)16(20)19-9-10-23-14-7-5-13(17)6-8-14/h2-8,11,18H,9-10H2,1H3,(H,19,20). The van der Waals surface area contributed by atoms with Gasteiger partial charge in [-0.25, -0.2) is 13.1 Å². The predicted octanol–water partition coefficient (Wildman–Crippen LogP) is 2.06. The van der Waals surface area contributed by atoms with Gasteiger partial charge in [0.1, 0.15) is 12.4 Å². The molecular weight excluding hydrogens is 352 g/mol. The van der Waals surface area contributed by atoms with Gasteiger partial charge in [0.15, 0.2) is 0 Å². The molecule has 0 aliphatic carbocycles.